The van der Waals surface area contributed by atoms with Gasteiger partial charge in [0.15, 0.2) is 0 Å². The molecule has 0 N–H and O–H groups in total. The van der Waals surface area contributed by atoms with Gasteiger partial charge in [0.2, 0.25) is 0 Å². The Balaban J connectivity index is 2.02. The van der Waals surface area contributed by atoms with Crippen LogP contribution in [0, 0.1) is 0 Å². The maximum atomic E-state index is 2.63. The molecule has 1 rings (SSSR count). The summed E-state index contributed by atoms with van der Waals surface area (Å²) in [6.45, 7) is 4.13. The van der Waals surface area contributed by atoms with Crippen molar-refractivity contribution in [1.29, 1.82) is 0 Å². The first-order chi connectivity index (χ1) is 4.93. The van der Waals surface area contributed by atoms with Crippen molar-refractivity contribution in [2.75, 3.05) is 19.6 Å². The zero-order chi connectivity index (χ0) is 7.23. The molecule has 1 nitrogen and oxygen atoms in total. The monoisotopic (exact) mass is 149 g/mol. The van der Waals surface area contributed by atoms with E-state index in [0.717, 1.165) is 0 Å². The molecule has 0 spiro atoms. The fourth-order valence-electron chi connectivity index (χ4n) is 1.56. The van der Waals surface area contributed by atoms with Crippen LogP contribution in [0.4, 0.5) is 0 Å². The first kappa shape index (κ1) is 9.05. The maximum absolute atomic E-state index is 2.63. The average Bonchev–Trinajstić information content (AvgIpc) is 2.03. The van der Waals surface area contributed by atoms with Crippen molar-refractivity contribution in [2.45, 2.75) is 29.4 Å². The zero-order valence-electron chi connectivity index (χ0n) is 7.10. The van der Waals surface area contributed by atoms with E-state index in [1.165, 1.54) is 76.9 Å². The van der Waals surface area contributed by atoms with E-state index in [4.69, 9.17) is 0 Å². The van der Waals surface area contributed by atoms with Gasteiger partial charge in [-0.15, -0.1) is 0 Å². The van der Waals surface area contributed by atoms with Crippen molar-refractivity contribution < 1.29 is 0 Å². The van der Waals surface area contributed by atoms with Crippen molar-refractivity contribution in [2.24, 2.45) is 0 Å². The van der Waals surface area contributed by atoms with E-state index in [9.17, 15) is 0 Å². The summed E-state index contributed by atoms with van der Waals surface area (Å²) in [4.78, 5) is 2.63. The molecule has 0 aromatic heterocycles. The molecule has 0 aliphatic carbocycles. The van der Waals surface area contributed by atoms with Crippen LogP contribution in [0.3, 0.4) is 0 Å². The third kappa shape index (κ3) is 3.38. The Hall–Kier alpha value is 0.960. The second kappa shape index (κ2) is 5.59. The van der Waals surface area contributed by atoms with E-state index in [-0.39, 0.29) is 0 Å². The summed E-state index contributed by atoms with van der Waals surface area (Å²) in [6, 6.07) is 0. The van der Waals surface area contributed by atoms with Gasteiger partial charge >= 0.3 is 81.8 Å². The number of piperidine rings is 1. The van der Waals surface area contributed by atoms with E-state index in [2.05, 4.69) is 4.90 Å². The summed E-state index contributed by atoms with van der Waals surface area (Å²) in [5.74, 6) is 0. The van der Waals surface area contributed by atoms with Gasteiger partial charge in [0.1, 0.15) is 0 Å². The molecule has 0 aromatic carbocycles. The van der Waals surface area contributed by atoms with E-state index >= 15 is 0 Å². The molecular formula is C8H16NNa. The first-order valence-corrected chi connectivity index (χ1v) is 6.07. The van der Waals surface area contributed by atoms with Gasteiger partial charge in [-0.3, -0.25) is 0 Å². The minimum atomic E-state index is 1.38. The first-order valence-electron chi connectivity index (χ1n) is 4.66. The van der Waals surface area contributed by atoms with Crippen LogP contribution in [0.25, 0.3) is 0 Å². The summed E-state index contributed by atoms with van der Waals surface area (Å²) < 4.78 is 1.48. The molecule has 1 aliphatic heterocycles. The molecule has 1 heterocycles. The fourth-order valence-corrected chi connectivity index (χ4v) is 1.88. The van der Waals surface area contributed by atoms with Gasteiger partial charge in [-0.1, -0.05) is 0 Å². The van der Waals surface area contributed by atoms with Gasteiger partial charge < -0.3 is 0 Å². The number of likely N-dealkylation sites (tertiary alicyclic amines) is 1. The zero-order valence-corrected chi connectivity index (χ0v) is 9.10. The SMILES string of the molecule is [Na][CH2]CCN1CCCCC1. The summed E-state index contributed by atoms with van der Waals surface area (Å²) in [5.41, 5.74) is 0. The predicted octanol–water partition coefficient (Wildman–Crippen LogP) is 1.45. The molecule has 0 aromatic rings. The molecule has 10 heavy (non-hydrogen) atoms. The van der Waals surface area contributed by atoms with Gasteiger partial charge in [-0.05, 0) is 0 Å². The Morgan fingerprint density at radius 2 is 1.80 bits per heavy atom. The molecule has 1 saturated heterocycles. The predicted molar refractivity (Wildman–Crippen MR) is 45.5 cm³/mol. The van der Waals surface area contributed by atoms with E-state index in [1.54, 1.807) is 0 Å². The third-order valence-corrected chi connectivity index (χ3v) is 2.98. The molecule has 1 aliphatic rings. The van der Waals surface area contributed by atoms with Crippen LogP contribution < -0.4 is 0 Å². The van der Waals surface area contributed by atoms with Gasteiger partial charge in [0.05, 0.1) is 0 Å². The second-order valence-corrected chi connectivity index (χ2v) is 4.26. The fraction of sp³-hybridized carbons (Fsp3) is 1.00. The van der Waals surface area contributed by atoms with E-state index in [1.807, 2.05) is 0 Å². The summed E-state index contributed by atoms with van der Waals surface area (Å²) in [7, 11) is 0. The topological polar surface area (TPSA) is 3.24 Å². The molecule has 0 bridgehead atoms. The molecule has 0 radical (unpaired) electrons. The number of hydrogen-bond acceptors (Lipinski definition) is 1. The quantitative estimate of drug-likeness (QED) is 0.549. The van der Waals surface area contributed by atoms with Crippen molar-refractivity contribution in [3.63, 3.8) is 0 Å². The van der Waals surface area contributed by atoms with Crippen LogP contribution in [-0.4, -0.2) is 52.5 Å². The molecule has 0 saturated carbocycles. The molecule has 0 unspecified atom stereocenters. The Morgan fingerprint density at radius 3 is 2.40 bits per heavy atom. The van der Waals surface area contributed by atoms with Crippen LogP contribution in [0.5, 0.6) is 0 Å². The Morgan fingerprint density at radius 1 is 1.10 bits per heavy atom. The molecule has 54 valence electrons. The van der Waals surface area contributed by atoms with Crippen LogP contribution >= 0.6 is 0 Å². The van der Waals surface area contributed by atoms with Gasteiger partial charge in [-0.25, -0.2) is 0 Å². The molecule has 1 fully saturated rings. The van der Waals surface area contributed by atoms with Crippen LogP contribution in [0.15, 0.2) is 0 Å². The van der Waals surface area contributed by atoms with Gasteiger partial charge in [-0.2, -0.15) is 0 Å². The molecule has 0 atom stereocenters. The van der Waals surface area contributed by atoms with Crippen LogP contribution in [-0.2, 0) is 0 Å². The second-order valence-electron chi connectivity index (χ2n) is 3.26. The minimum absolute atomic E-state index is 1.38. The van der Waals surface area contributed by atoms with Crippen molar-refractivity contribution in [1.82, 2.24) is 4.90 Å². The Kier molecular flexibility index (Phi) is 5.06. The Bertz CT molecular complexity index is 79.3. The summed E-state index contributed by atoms with van der Waals surface area (Å²) in [6.07, 6.45) is 5.81. The number of nitrogens with zero attached hydrogens (tertiary/aromatic N) is 1. The van der Waals surface area contributed by atoms with Crippen molar-refractivity contribution >= 4 is 27.9 Å². The normalized spacial score (nSPS) is 21.4. The molecule has 0 amide bonds. The van der Waals surface area contributed by atoms with Crippen molar-refractivity contribution in [3.05, 3.63) is 0 Å². The average molecular weight is 149 g/mol. The van der Waals surface area contributed by atoms with Crippen LogP contribution in [0.2, 0.25) is 3.67 Å². The van der Waals surface area contributed by atoms with Gasteiger partial charge in [0.25, 0.3) is 0 Å². The summed E-state index contributed by atoms with van der Waals surface area (Å²) in [5, 5.41) is 0. The van der Waals surface area contributed by atoms with Gasteiger partial charge in [0, 0.05) is 0 Å². The standard InChI is InChI=1S/C8H16N.Na/c1-2-6-9-7-4-3-5-8-9;/h1-8H2;. The third-order valence-electron chi connectivity index (χ3n) is 2.28. The molecule has 2 heteroatoms. The van der Waals surface area contributed by atoms with Crippen molar-refractivity contribution in [3.8, 4) is 0 Å². The molecular weight excluding hydrogens is 133 g/mol. The number of rotatable bonds is 3. The van der Waals surface area contributed by atoms with Crippen LogP contribution in [0.1, 0.15) is 25.7 Å². The van der Waals surface area contributed by atoms with E-state index in [0.29, 0.717) is 0 Å². The Labute approximate surface area is 81.6 Å². The van der Waals surface area contributed by atoms with E-state index < -0.39 is 0 Å². The summed E-state index contributed by atoms with van der Waals surface area (Å²) >= 11 is 1.39. The number of hydrogen-bond donors (Lipinski definition) is 0.